The Labute approximate surface area is 219 Å². The second kappa shape index (κ2) is 10.8. The number of nitrogens with one attached hydrogen (secondary N) is 1. The molecule has 4 rings (SSSR count). The number of esters is 1. The number of hydrogen-bond donors (Lipinski definition) is 1. The molecule has 0 saturated heterocycles. The average Bonchev–Trinajstić information content (AvgIpc) is 3.17. The van der Waals surface area contributed by atoms with Crippen molar-refractivity contribution >= 4 is 46.1 Å². The summed E-state index contributed by atoms with van der Waals surface area (Å²) < 4.78 is 6.27. The van der Waals surface area contributed by atoms with Crippen LogP contribution in [-0.2, 0) is 22.5 Å². The number of ether oxygens (including phenoxy) is 1. The van der Waals surface area contributed by atoms with E-state index in [1.807, 2.05) is 0 Å². The summed E-state index contributed by atoms with van der Waals surface area (Å²) in [7, 11) is 1.32. The second-order valence-electron chi connectivity index (χ2n) is 8.64. The lowest BCUT2D eigenvalue weighted by Gasteiger charge is -2.09. The summed E-state index contributed by atoms with van der Waals surface area (Å²) in [5.41, 5.74) is 4.09. The number of fused-ring (bicyclic) bond motifs is 1. The fourth-order valence-corrected chi connectivity index (χ4v) is 4.33. The average molecular weight is 517 g/mol. The number of Topliss-reactive ketones (excluding diaryl/α,β-unsaturated/α-hetero) is 1. The van der Waals surface area contributed by atoms with Gasteiger partial charge in [0.05, 0.1) is 24.6 Å². The van der Waals surface area contributed by atoms with Crippen molar-refractivity contribution in [3.63, 3.8) is 0 Å². The minimum atomic E-state index is -0.430. The first-order chi connectivity index (χ1) is 17.7. The quantitative estimate of drug-likeness (QED) is 0.271. The molecule has 0 aliphatic carbocycles. The maximum absolute atomic E-state index is 13.4. The van der Waals surface area contributed by atoms with Gasteiger partial charge in [0.15, 0.2) is 5.78 Å². The Bertz CT molecular complexity index is 1520. The molecule has 8 heteroatoms. The van der Waals surface area contributed by atoms with Gasteiger partial charge >= 0.3 is 5.97 Å². The van der Waals surface area contributed by atoms with Crippen LogP contribution in [0.25, 0.3) is 10.9 Å². The summed E-state index contributed by atoms with van der Waals surface area (Å²) in [6, 6.07) is 18.5. The van der Waals surface area contributed by atoms with Crippen LogP contribution in [0.5, 0.6) is 0 Å². The number of rotatable bonds is 7. The Morgan fingerprint density at radius 3 is 2.14 bits per heavy atom. The van der Waals surface area contributed by atoms with E-state index in [0.717, 1.165) is 5.56 Å². The first kappa shape index (κ1) is 25.9. The van der Waals surface area contributed by atoms with Gasteiger partial charge in [0.25, 0.3) is 5.91 Å². The van der Waals surface area contributed by atoms with Crippen LogP contribution in [0.2, 0.25) is 5.02 Å². The molecule has 0 unspecified atom stereocenters. The molecular formula is C29H25ClN2O5. The minimum absolute atomic E-state index is 0.0187. The smallest absolute Gasteiger partial charge is 0.337 e. The van der Waals surface area contributed by atoms with E-state index in [1.165, 1.54) is 14.0 Å². The van der Waals surface area contributed by atoms with E-state index in [1.54, 1.807) is 78.2 Å². The third-order valence-corrected chi connectivity index (χ3v) is 6.49. The zero-order chi connectivity index (χ0) is 26.7. The van der Waals surface area contributed by atoms with E-state index >= 15 is 0 Å². The van der Waals surface area contributed by atoms with Crippen LogP contribution in [0.1, 0.15) is 54.8 Å². The summed E-state index contributed by atoms with van der Waals surface area (Å²) in [5, 5.41) is 4.08. The van der Waals surface area contributed by atoms with Crippen molar-refractivity contribution in [1.29, 1.82) is 0 Å². The highest BCUT2D eigenvalue weighted by Gasteiger charge is 2.22. The van der Waals surface area contributed by atoms with E-state index in [0.29, 0.717) is 43.9 Å². The predicted octanol–water partition coefficient (Wildman–Crippen LogP) is 5.14. The van der Waals surface area contributed by atoms with Gasteiger partial charge in [-0.05, 0) is 79.6 Å². The number of nitrogens with zero attached hydrogens (tertiary/aromatic N) is 1. The van der Waals surface area contributed by atoms with Crippen LogP contribution in [0.3, 0.4) is 0 Å². The van der Waals surface area contributed by atoms with Crippen LogP contribution < -0.4 is 5.32 Å². The van der Waals surface area contributed by atoms with Crippen molar-refractivity contribution in [3.8, 4) is 0 Å². The molecule has 0 spiro atoms. The summed E-state index contributed by atoms with van der Waals surface area (Å²) in [6.07, 6.45) is 0.0187. The number of amides is 1. The molecule has 7 nitrogen and oxygen atoms in total. The van der Waals surface area contributed by atoms with Gasteiger partial charge in [-0.15, -0.1) is 0 Å². The Hall–Kier alpha value is -4.23. The highest BCUT2D eigenvalue weighted by atomic mass is 35.5. The van der Waals surface area contributed by atoms with Crippen molar-refractivity contribution in [2.24, 2.45) is 0 Å². The normalized spacial score (nSPS) is 10.8. The van der Waals surface area contributed by atoms with E-state index in [-0.39, 0.29) is 30.6 Å². The first-order valence-electron chi connectivity index (χ1n) is 11.6. The van der Waals surface area contributed by atoms with E-state index in [4.69, 9.17) is 16.3 Å². The first-order valence-corrected chi connectivity index (χ1v) is 12.0. The maximum Gasteiger partial charge on any atom is 0.337 e. The number of hydrogen-bond acceptors (Lipinski definition) is 5. The van der Waals surface area contributed by atoms with Gasteiger partial charge in [0, 0.05) is 33.8 Å². The molecule has 0 fully saturated rings. The molecule has 37 heavy (non-hydrogen) atoms. The highest BCUT2D eigenvalue weighted by Crippen LogP contribution is 2.29. The van der Waals surface area contributed by atoms with Gasteiger partial charge in [-0.2, -0.15) is 0 Å². The number of carbonyl (C=O) groups is 4. The molecule has 0 aliphatic heterocycles. The van der Waals surface area contributed by atoms with Crippen molar-refractivity contribution in [2.75, 3.05) is 7.11 Å². The molecule has 1 aromatic heterocycles. The molecule has 4 aromatic rings. The maximum atomic E-state index is 13.4. The highest BCUT2D eigenvalue weighted by molar-refractivity contribution is 6.30. The number of ketones is 1. The van der Waals surface area contributed by atoms with E-state index < -0.39 is 5.97 Å². The minimum Gasteiger partial charge on any atom is -0.465 e. The van der Waals surface area contributed by atoms with E-state index in [2.05, 4.69) is 5.32 Å². The topological polar surface area (TPSA) is 94.5 Å². The monoisotopic (exact) mass is 516 g/mol. The molecule has 188 valence electrons. The van der Waals surface area contributed by atoms with Crippen molar-refractivity contribution in [1.82, 2.24) is 9.88 Å². The summed E-state index contributed by atoms with van der Waals surface area (Å²) in [5.74, 6) is -1.04. The molecule has 0 aliphatic rings. The summed E-state index contributed by atoms with van der Waals surface area (Å²) >= 11 is 5.98. The van der Waals surface area contributed by atoms with Gasteiger partial charge in [0.1, 0.15) is 0 Å². The predicted molar refractivity (Wildman–Crippen MR) is 141 cm³/mol. The molecule has 0 radical (unpaired) electrons. The zero-order valence-electron chi connectivity index (χ0n) is 20.6. The third kappa shape index (κ3) is 5.47. The van der Waals surface area contributed by atoms with E-state index in [9.17, 15) is 19.2 Å². The number of benzene rings is 3. The molecule has 1 N–H and O–H groups in total. The molecule has 0 atom stereocenters. The van der Waals surface area contributed by atoms with Crippen LogP contribution in [0.15, 0.2) is 66.7 Å². The fourth-order valence-electron chi connectivity index (χ4n) is 4.21. The van der Waals surface area contributed by atoms with Crippen LogP contribution in [0, 0.1) is 6.92 Å². The van der Waals surface area contributed by atoms with Crippen LogP contribution in [-0.4, -0.2) is 35.2 Å². The molecule has 1 heterocycles. The van der Waals surface area contributed by atoms with Gasteiger partial charge in [-0.1, -0.05) is 23.7 Å². The van der Waals surface area contributed by atoms with Gasteiger partial charge in [-0.25, -0.2) is 4.79 Å². The Morgan fingerprint density at radius 2 is 1.51 bits per heavy atom. The van der Waals surface area contributed by atoms with Gasteiger partial charge in [0.2, 0.25) is 5.91 Å². The lowest BCUT2D eigenvalue weighted by Crippen LogP contribution is -2.25. The van der Waals surface area contributed by atoms with Crippen LogP contribution in [0.4, 0.5) is 0 Å². The Kier molecular flexibility index (Phi) is 7.55. The molecule has 1 amide bonds. The van der Waals surface area contributed by atoms with Crippen molar-refractivity contribution in [2.45, 2.75) is 26.8 Å². The fraction of sp³-hybridized carbons (Fsp3) is 0.172. The standard InChI is InChI=1S/C29H25ClN2O5/c1-17-24(15-27(34)31-16-19-4-6-21(7-5-19)29(36)37-3)25-14-22(18(2)33)10-13-26(25)32(17)28(35)20-8-11-23(30)12-9-20/h4-14H,15-16H2,1-3H3,(H,31,34). The number of methoxy groups -OCH3 is 1. The lowest BCUT2D eigenvalue weighted by molar-refractivity contribution is -0.120. The number of aromatic nitrogens is 1. The van der Waals surface area contributed by atoms with Gasteiger partial charge in [-0.3, -0.25) is 19.0 Å². The summed E-state index contributed by atoms with van der Waals surface area (Å²) in [4.78, 5) is 50.0. The second-order valence-corrected chi connectivity index (χ2v) is 9.08. The lowest BCUT2D eigenvalue weighted by atomic mass is 10.0. The molecule has 3 aromatic carbocycles. The molecular weight excluding hydrogens is 492 g/mol. The SMILES string of the molecule is COC(=O)c1ccc(CNC(=O)Cc2c(C)n(C(=O)c3ccc(Cl)cc3)c3ccc(C(C)=O)cc23)cc1. The Balaban J connectivity index is 1.63. The number of halogens is 1. The third-order valence-electron chi connectivity index (χ3n) is 6.24. The molecule has 0 bridgehead atoms. The van der Waals surface area contributed by atoms with Crippen molar-refractivity contribution < 1.29 is 23.9 Å². The van der Waals surface area contributed by atoms with Crippen LogP contribution >= 0.6 is 11.6 Å². The molecule has 0 saturated carbocycles. The largest absolute Gasteiger partial charge is 0.465 e. The van der Waals surface area contributed by atoms with Gasteiger partial charge < -0.3 is 10.1 Å². The zero-order valence-corrected chi connectivity index (χ0v) is 21.4. The Morgan fingerprint density at radius 1 is 0.892 bits per heavy atom. The van der Waals surface area contributed by atoms with Crippen molar-refractivity contribution in [3.05, 3.63) is 105 Å². The number of carbonyl (C=O) groups excluding carboxylic acids is 4. The summed E-state index contributed by atoms with van der Waals surface area (Å²) in [6.45, 7) is 3.53.